The van der Waals surface area contributed by atoms with Gasteiger partial charge in [0.1, 0.15) is 6.54 Å². The molecule has 5 rings (SSSR count). The number of rotatable bonds is 7. The third kappa shape index (κ3) is 4.67. The number of aromatic nitrogens is 3. The highest BCUT2D eigenvalue weighted by atomic mass is 16.5. The van der Waals surface area contributed by atoms with Crippen LogP contribution in [0, 0.1) is 0 Å². The van der Waals surface area contributed by atoms with Gasteiger partial charge >= 0.3 is 5.97 Å². The Morgan fingerprint density at radius 3 is 2.40 bits per heavy atom. The van der Waals surface area contributed by atoms with Gasteiger partial charge in [0.2, 0.25) is 17.7 Å². The number of fused-ring (bicyclic) bond motifs is 1. The zero-order valence-electron chi connectivity index (χ0n) is 19.0. The molecular formula is C27H22N4O4. The molecule has 174 valence electrons. The van der Waals surface area contributed by atoms with Gasteiger partial charge < -0.3 is 19.0 Å². The van der Waals surface area contributed by atoms with E-state index in [1.165, 1.54) is 0 Å². The van der Waals surface area contributed by atoms with Crippen molar-refractivity contribution in [3.05, 3.63) is 90.6 Å². The minimum absolute atomic E-state index is 0.0832. The lowest BCUT2D eigenvalue weighted by Gasteiger charge is -2.08. The van der Waals surface area contributed by atoms with Gasteiger partial charge in [-0.15, -0.1) is 10.2 Å². The highest BCUT2D eigenvalue weighted by Gasteiger charge is 2.18. The normalized spacial score (nSPS) is 10.9. The van der Waals surface area contributed by atoms with E-state index in [0.717, 1.165) is 22.0 Å². The Morgan fingerprint density at radius 2 is 1.63 bits per heavy atom. The molecule has 0 saturated heterocycles. The number of nitrogens with zero attached hydrogens (tertiary/aromatic N) is 3. The first-order valence-corrected chi connectivity index (χ1v) is 11.2. The van der Waals surface area contributed by atoms with Crippen molar-refractivity contribution in [3.63, 3.8) is 0 Å². The fraction of sp³-hybridized carbons (Fsp3) is 0.111. The molecule has 35 heavy (non-hydrogen) atoms. The second kappa shape index (κ2) is 9.64. The summed E-state index contributed by atoms with van der Waals surface area (Å²) in [6.07, 6.45) is 1.84. The van der Waals surface area contributed by atoms with Crippen molar-refractivity contribution in [3.8, 4) is 22.9 Å². The molecule has 3 aromatic carbocycles. The summed E-state index contributed by atoms with van der Waals surface area (Å²) < 4.78 is 12.8. The standard InChI is InChI=1S/C27H22N4O4/c1-2-34-27(33)19-12-14-20(15-13-19)28-24(32)17-31-16-22(21-10-6-7-11-23(21)31)26-30-29-25(35-26)18-8-4-3-5-9-18/h3-16H,2,17H2,1H3,(H,28,32). The molecule has 0 saturated carbocycles. The maximum Gasteiger partial charge on any atom is 0.338 e. The number of carbonyl (C=O) groups excluding carboxylic acids is 2. The molecule has 2 heterocycles. The lowest BCUT2D eigenvalue weighted by Crippen LogP contribution is -2.18. The number of nitrogens with one attached hydrogen (secondary N) is 1. The molecule has 1 amide bonds. The van der Waals surface area contributed by atoms with Gasteiger partial charge in [-0.05, 0) is 49.4 Å². The molecule has 0 unspecified atom stereocenters. The smallest absolute Gasteiger partial charge is 0.338 e. The molecule has 0 bridgehead atoms. The number of benzene rings is 3. The van der Waals surface area contributed by atoms with Crippen LogP contribution in [0.25, 0.3) is 33.8 Å². The van der Waals surface area contributed by atoms with Gasteiger partial charge in [0, 0.05) is 28.4 Å². The summed E-state index contributed by atoms with van der Waals surface area (Å²) in [6, 6.07) is 23.9. The van der Waals surface area contributed by atoms with E-state index in [2.05, 4.69) is 15.5 Å². The first kappa shape index (κ1) is 22.1. The topological polar surface area (TPSA) is 99.2 Å². The maximum absolute atomic E-state index is 12.8. The molecule has 0 aliphatic heterocycles. The summed E-state index contributed by atoms with van der Waals surface area (Å²) in [4.78, 5) is 24.6. The highest BCUT2D eigenvalue weighted by molar-refractivity contribution is 5.97. The van der Waals surface area contributed by atoms with Crippen LogP contribution in [-0.2, 0) is 16.1 Å². The number of hydrogen-bond donors (Lipinski definition) is 1. The van der Waals surface area contributed by atoms with Gasteiger partial charge in [0.25, 0.3) is 0 Å². The van der Waals surface area contributed by atoms with Crippen LogP contribution in [-0.4, -0.2) is 33.2 Å². The predicted molar refractivity (Wildman–Crippen MR) is 132 cm³/mol. The molecule has 2 aromatic heterocycles. The van der Waals surface area contributed by atoms with E-state index in [1.807, 2.05) is 65.4 Å². The van der Waals surface area contributed by atoms with Crippen LogP contribution in [0.5, 0.6) is 0 Å². The Bertz CT molecular complexity index is 1490. The fourth-order valence-corrected chi connectivity index (χ4v) is 3.84. The van der Waals surface area contributed by atoms with Crippen LogP contribution in [0.3, 0.4) is 0 Å². The third-order valence-corrected chi connectivity index (χ3v) is 5.46. The Morgan fingerprint density at radius 1 is 0.914 bits per heavy atom. The summed E-state index contributed by atoms with van der Waals surface area (Å²) in [5, 5.41) is 12.2. The molecule has 5 aromatic rings. The molecular weight excluding hydrogens is 444 g/mol. The summed E-state index contributed by atoms with van der Waals surface area (Å²) in [5.74, 6) is 0.208. The van der Waals surface area contributed by atoms with Gasteiger partial charge in [-0.2, -0.15) is 0 Å². The van der Waals surface area contributed by atoms with Crippen molar-refractivity contribution in [1.82, 2.24) is 14.8 Å². The Balaban J connectivity index is 1.37. The molecule has 1 N–H and O–H groups in total. The van der Waals surface area contributed by atoms with Crippen LogP contribution in [0.2, 0.25) is 0 Å². The number of carbonyl (C=O) groups is 2. The number of esters is 1. The number of anilines is 1. The number of para-hydroxylation sites is 1. The average Bonchev–Trinajstić information content (AvgIpc) is 3.51. The number of hydrogen-bond acceptors (Lipinski definition) is 6. The summed E-state index contributed by atoms with van der Waals surface area (Å²) in [6.45, 7) is 2.14. The zero-order valence-corrected chi connectivity index (χ0v) is 19.0. The molecule has 0 fully saturated rings. The molecule has 0 atom stereocenters. The van der Waals surface area contributed by atoms with E-state index < -0.39 is 5.97 Å². The van der Waals surface area contributed by atoms with Crippen LogP contribution in [0.1, 0.15) is 17.3 Å². The Labute approximate surface area is 201 Å². The van der Waals surface area contributed by atoms with Gasteiger partial charge in [-0.1, -0.05) is 36.4 Å². The lowest BCUT2D eigenvalue weighted by atomic mass is 10.2. The first-order valence-electron chi connectivity index (χ1n) is 11.2. The summed E-state index contributed by atoms with van der Waals surface area (Å²) >= 11 is 0. The zero-order chi connectivity index (χ0) is 24.2. The second-order valence-electron chi connectivity index (χ2n) is 7.81. The number of amides is 1. The van der Waals surface area contributed by atoms with Crippen LogP contribution in [0.15, 0.2) is 89.5 Å². The monoisotopic (exact) mass is 466 g/mol. The van der Waals surface area contributed by atoms with Crippen molar-refractivity contribution >= 4 is 28.5 Å². The highest BCUT2D eigenvalue weighted by Crippen LogP contribution is 2.31. The minimum atomic E-state index is -0.395. The van der Waals surface area contributed by atoms with E-state index in [0.29, 0.717) is 29.6 Å². The minimum Gasteiger partial charge on any atom is -0.462 e. The van der Waals surface area contributed by atoms with Crippen molar-refractivity contribution < 1.29 is 18.7 Å². The molecule has 8 heteroatoms. The van der Waals surface area contributed by atoms with Crippen molar-refractivity contribution in [1.29, 1.82) is 0 Å². The second-order valence-corrected chi connectivity index (χ2v) is 7.81. The van der Waals surface area contributed by atoms with Crippen molar-refractivity contribution in [2.24, 2.45) is 0 Å². The molecule has 8 nitrogen and oxygen atoms in total. The van der Waals surface area contributed by atoms with Crippen molar-refractivity contribution in [2.75, 3.05) is 11.9 Å². The van der Waals surface area contributed by atoms with E-state index in [9.17, 15) is 9.59 Å². The molecule has 0 spiro atoms. The van der Waals surface area contributed by atoms with Crippen LogP contribution in [0.4, 0.5) is 5.69 Å². The van der Waals surface area contributed by atoms with E-state index in [4.69, 9.17) is 9.15 Å². The van der Waals surface area contributed by atoms with Crippen LogP contribution < -0.4 is 5.32 Å². The maximum atomic E-state index is 12.8. The lowest BCUT2D eigenvalue weighted by molar-refractivity contribution is -0.116. The fourth-order valence-electron chi connectivity index (χ4n) is 3.84. The van der Waals surface area contributed by atoms with E-state index >= 15 is 0 Å². The summed E-state index contributed by atoms with van der Waals surface area (Å²) in [7, 11) is 0. The molecule has 0 aliphatic rings. The van der Waals surface area contributed by atoms with Gasteiger partial charge in [-0.25, -0.2) is 4.79 Å². The van der Waals surface area contributed by atoms with E-state index in [1.54, 1.807) is 31.2 Å². The SMILES string of the molecule is CCOC(=O)c1ccc(NC(=O)Cn2cc(-c3nnc(-c4ccccc4)o3)c3ccccc32)cc1. The van der Waals surface area contributed by atoms with Crippen molar-refractivity contribution in [2.45, 2.75) is 13.5 Å². The number of ether oxygens (including phenoxy) is 1. The Kier molecular flexibility index (Phi) is 6.09. The first-order chi connectivity index (χ1) is 17.1. The van der Waals surface area contributed by atoms with E-state index in [-0.39, 0.29) is 12.5 Å². The molecule has 0 aliphatic carbocycles. The third-order valence-electron chi connectivity index (χ3n) is 5.46. The largest absolute Gasteiger partial charge is 0.462 e. The average molecular weight is 466 g/mol. The predicted octanol–water partition coefficient (Wildman–Crippen LogP) is 5.17. The quantitative estimate of drug-likeness (QED) is 0.332. The summed E-state index contributed by atoms with van der Waals surface area (Å²) in [5.41, 5.74) is 3.48. The Hall–Kier alpha value is -4.72. The van der Waals surface area contributed by atoms with Gasteiger partial charge in [-0.3, -0.25) is 4.79 Å². The van der Waals surface area contributed by atoms with Gasteiger partial charge in [0.05, 0.1) is 17.7 Å². The van der Waals surface area contributed by atoms with Crippen LogP contribution >= 0.6 is 0 Å². The molecule has 0 radical (unpaired) electrons. The van der Waals surface area contributed by atoms with Gasteiger partial charge in [0.15, 0.2) is 0 Å².